The summed E-state index contributed by atoms with van der Waals surface area (Å²) in [4.78, 5) is -0.633. The third-order valence-electron chi connectivity index (χ3n) is 2.13. The highest BCUT2D eigenvalue weighted by atomic mass is 79.9. The van der Waals surface area contributed by atoms with E-state index in [-0.39, 0.29) is 11.0 Å². The fourth-order valence-electron chi connectivity index (χ4n) is 1.34. The van der Waals surface area contributed by atoms with Gasteiger partial charge in [-0.25, -0.2) is 21.9 Å². The molecule has 0 radical (unpaired) electrons. The highest BCUT2D eigenvalue weighted by Gasteiger charge is 2.23. The Morgan fingerprint density at radius 3 is 2.53 bits per heavy atom. The van der Waals surface area contributed by atoms with Gasteiger partial charge in [0, 0.05) is 39.9 Å². The van der Waals surface area contributed by atoms with Crippen molar-refractivity contribution in [3.05, 3.63) is 28.2 Å². The van der Waals surface area contributed by atoms with Gasteiger partial charge in [0.05, 0.1) is 0 Å². The number of hydrogen-bond donors (Lipinski definition) is 1. The van der Waals surface area contributed by atoms with Gasteiger partial charge in [0.2, 0.25) is 10.0 Å². The van der Waals surface area contributed by atoms with Gasteiger partial charge in [-0.05, 0) is 28.4 Å². The molecule has 19 heavy (non-hydrogen) atoms. The maximum absolute atomic E-state index is 13.5. The summed E-state index contributed by atoms with van der Waals surface area (Å²) in [6.07, 6.45) is 1.87. The second-order valence-electron chi connectivity index (χ2n) is 3.73. The summed E-state index contributed by atoms with van der Waals surface area (Å²) in [6, 6.07) is 1.37. The van der Waals surface area contributed by atoms with E-state index in [4.69, 9.17) is 0 Å². The van der Waals surface area contributed by atoms with E-state index < -0.39 is 37.4 Å². The highest BCUT2D eigenvalue weighted by molar-refractivity contribution is 9.10. The Morgan fingerprint density at radius 2 is 2.00 bits per heavy atom. The SMILES string of the molecule is CS(=O)CCCNS(=O)(=O)c1c(F)cc(F)cc1Br. The van der Waals surface area contributed by atoms with Crippen molar-refractivity contribution in [3.8, 4) is 0 Å². The number of nitrogens with one attached hydrogen (secondary N) is 1. The van der Waals surface area contributed by atoms with Gasteiger partial charge in [-0.2, -0.15) is 0 Å². The van der Waals surface area contributed by atoms with Crippen molar-refractivity contribution in [2.75, 3.05) is 18.6 Å². The Kier molecular flexibility index (Phi) is 6.03. The lowest BCUT2D eigenvalue weighted by atomic mass is 10.3. The maximum Gasteiger partial charge on any atom is 0.244 e. The summed E-state index contributed by atoms with van der Waals surface area (Å²) in [5.74, 6) is -1.70. The third-order valence-corrected chi connectivity index (χ3v) is 5.42. The first-order chi connectivity index (χ1) is 8.74. The largest absolute Gasteiger partial charge is 0.260 e. The van der Waals surface area contributed by atoms with Crippen LogP contribution in [-0.2, 0) is 20.8 Å². The Bertz CT molecular complexity index is 569. The molecule has 1 atom stereocenters. The van der Waals surface area contributed by atoms with E-state index in [2.05, 4.69) is 20.7 Å². The van der Waals surface area contributed by atoms with E-state index in [0.717, 1.165) is 6.07 Å². The molecule has 0 spiro atoms. The molecule has 0 amide bonds. The van der Waals surface area contributed by atoms with Crippen LogP contribution >= 0.6 is 15.9 Å². The molecule has 0 aliphatic rings. The van der Waals surface area contributed by atoms with Crippen LogP contribution in [0.2, 0.25) is 0 Å². The predicted octanol–water partition coefficient (Wildman–Crippen LogP) is 1.77. The molecule has 0 bridgehead atoms. The molecule has 0 fully saturated rings. The second kappa shape index (κ2) is 6.87. The van der Waals surface area contributed by atoms with Crippen molar-refractivity contribution >= 4 is 36.8 Å². The van der Waals surface area contributed by atoms with Crippen molar-refractivity contribution in [2.45, 2.75) is 11.3 Å². The van der Waals surface area contributed by atoms with Crippen LogP contribution in [0, 0.1) is 11.6 Å². The van der Waals surface area contributed by atoms with E-state index in [0.29, 0.717) is 18.2 Å². The lowest BCUT2D eigenvalue weighted by Crippen LogP contribution is -2.27. The molecule has 1 unspecified atom stereocenters. The molecular weight excluding hydrogens is 364 g/mol. The van der Waals surface area contributed by atoms with E-state index in [1.54, 1.807) is 0 Å². The fourth-order valence-corrected chi connectivity index (χ4v) is 4.13. The zero-order valence-corrected chi connectivity index (χ0v) is 13.2. The van der Waals surface area contributed by atoms with E-state index >= 15 is 0 Å². The van der Waals surface area contributed by atoms with Gasteiger partial charge in [0.25, 0.3) is 0 Å². The zero-order valence-electron chi connectivity index (χ0n) is 9.95. The average molecular weight is 376 g/mol. The van der Waals surface area contributed by atoms with Crippen LogP contribution in [0.1, 0.15) is 6.42 Å². The van der Waals surface area contributed by atoms with E-state index in [9.17, 15) is 21.4 Å². The first-order valence-corrected chi connectivity index (χ1v) is 9.18. The maximum atomic E-state index is 13.5. The zero-order chi connectivity index (χ0) is 14.6. The van der Waals surface area contributed by atoms with E-state index in [1.807, 2.05) is 0 Å². The minimum Gasteiger partial charge on any atom is -0.260 e. The normalized spacial score (nSPS) is 13.5. The van der Waals surface area contributed by atoms with Crippen molar-refractivity contribution in [1.29, 1.82) is 0 Å². The minimum absolute atomic E-state index is 0.0329. The summed E-state index contributed by atoms with van der Waals surface area (Å²) in [6.45, 7) is 0.0329. The monoisotopic (exact) mass is 375 g/mol. The molecule has 4 nitrogen and oxygen atoms in total. The number of rotatable bonds is 6. The van der Waals surface area contributed by atoms with Crippen LogP contribution in [0.5, 0.6) is 0 Å². The Hall–Kier alpha value is -0.380. The number of benzene rings is 1. The molecule has 0 heterocycles. The van der Waals surface area contributed by atoms with Gasteiger partial charge in [0.1, 0.15) is 16.5 Å². The van der Waals surface area contributed by atoms with Crippen molar-refractivity contribution < 1.29 is 21.4 Å². The molecule has 1 N–H and O–H groups in total. The van der Waals surface area contributed by atoms with Gasteiger partial charge < -0.3 is 0 Å². The number of hydrogen-bond acceptors (Lipinski definition) is 3. The molecule has 0 saturated heterocycles. The predicted molar refractivity (Wildman–Crippen MR) is 72.8 cm³/mol. The number of sulfonamides is 1. The van der Waals surface area contributed by atoms with Crippen LogP contribution in [0.25, 0.3) is 0 Å². The lowest BCUT2D eigenvalue weighted by molar-refractivity contribution is 0.540. The Morgan fingerprint density at radius 1 is 1.37 bits per heavy atom. The molecule has 0 aliphatic heterocycles. The van der Waals surface area contributed by atoms with Gasteiger partial charge >= 0.3 is 0 Å². The van der Waals surface area contributed by atoms with Crippen LogP contribution in [0.15, 0.2) is 21.5 Å². The Balaban J connectivity index is 2.86. The quantitative estimate of drug-likeness (QED) is 0.770. The van der Waals surface area contributed by atoms with Crippen LogP contribution < -0.4 is 4.72 Å². The summed E-state index contributed by atoms with van der Waals surface area (Å²) >= 11 is 2.82. The van der Waals surface area contributed by atoms with Crippen LogP contribution in [0.4, 0.5) is 8.78 Å². The molecule has 0 aromatic heterocycles. The second-order valence-corrected chi connectivity index (χ2v) is 7.84. The topological polar surface area (TPSA) is 63.2 Å². The molecule has 0 saturated carbocycles. The minimum atomic E-state index is -4.07. The number of halogens is 3. The fraction of sp³-hybridized carbons (Fsp3) is 0.400. The van der Waals surface area contributed by atoms with Crippen molar-refractivity contribution in [1.82, 2.24) is 4.72 Å². The van der Waals surface area contributed by atoms with Gasteiger partial charge in [-0.3, -0.25) is 4.21 Å². The Labute approximate surface area is 121 Å². The first kappa shape index (κ1) is 16.7. The lowest BCUT2D eigenvalue weighted by Gasteiger charge is -2.09. The van der Waals surface area contributed by atoms with Gasteiger partial charge in [-0.1, -0.05) is 0 Å². The molecule has 9 heteroatoms. The molecular formula is C10H12BrF2NO3S2. The molecule has 1 aromatic rings. The van der Waals surface area contributed by atoms with Crippen LogP contribution in [-0.4, -0.2) is 31.2 Å². The average Bonchev–Trinajstić information content (AvgIpc) is 2.22. The van der Waals surface area contributed by atoms with Gasteiger partial charge in [-0.15, -0.1) is 0 Å². The third kappa shape index (κ3) is 4.90. The summed E-state index contributed by atoms with van der Waals surface area (Å²) in [7, 11) is -5.09. The molecule has 0 aliphatic carbocycles. The molecule has 1 rings (SSSR count). The molecule has 1 aromatic carbocycles. The highest BCUT2D eigenvalue weighted by Crippen LogP contribution is 2.25. The molecule has 108 valence electrons. The first-order valence-electron chi connectivity index (χ1n) is 5.18. The van der Waals surface area contributed by atoms with Crippen molar-refractivity contribution in [2.24, 2.45) is 0 Å². The summed E-state index contributed by atoms with van der Waals surface area (Å²) in [5.41, 5.74) is 0. The van der Waals surface area contributed by atoms with Crippen molar-refractivity contribution in [3.63, 3.8) is 0 Å². The smallest absolute Gasteiger partial charge is 0.244 e. The van der Waals surface area contributed by atoms with E-state index in [1.165, 1.54) is 6.26 Å². The summed E-state index contributed by atoms with van der Waals surface area (Å²) < 4.78 is 62.9. The summed E-state index contributed by atoms with van der Waals surface area (Å²) in [5, 5.41) is 0. The van der Waals surface area contributed by atoms with Crippen LogP contribution in [0.3, 0.4) is 0 Å². The van der Waals surface area contributed by atoms with Gasteiger partial charge in [0.15, 0.2) is 0 Å². The standard InChI is InChI=1S/C10H12BrF2NO3S2/c1-18(15)4-2-3-14-19(16,17)10-8(11)5-7(12)6-9(10)13/h5-6,14H,2-4H2,1H3.